The molecule has 0 aromatic carbocycles. The van der Waals surface area contributed by atoms with Crippen molar-refractivity contribution in [2.45, 2.75) is 19.8 Å². The van der Waals surface area contributed by atoms with Crippen LogP contribution in [0.5, 0.6) is 0 Å². The normalized spacial score (nSPS) is 10.4. The predicted octanol–water partition coefficient (Wildman–Crippen LogP) is 1.06. The van der Waals surface area contributed by atoms with Crippen LogP contribution in [0.25, 0.3) is 0 Å². The molecule has 0 unspecified atom stereocenters. The molecule has 2 aromatic heterocycles. The first kappa shape index (κ1) is 13.1. The van der Waals surface area contributed by atoms with Crippen LogP contribution < -0.4 is 11.1 Å². The molecule has 6 heteroatoms. The molecular weight excluding hydrogens is 242 g/mol. The number of carbonyl (C=O) groups is 1. The minimum absolute atomic E-state index is 0.186. The Kier molecular flexibility index (Phi) is 4.12. The van der Waals surface area contributed by atoms with Crippen LogP contribution in [0.4, 0.5) is 5.69 Å². The van der Waals surface area contributed by atoms with Crippen molar-refractivity contribution in [3.8, 4) is 0 Å². The Morgan fingerprint density at radius 1 is 1.47 bits per heavy atom. The van der Waals surface area contributed by atoms with Crippen molar-refractivity contribution >= 4 is 11.6 Å². The molecule has 0 saturated heterocycles. The maximum Gasteiger partial charge on any atom is 0.254 e. The summed E-state index contributed by atoms with van der Waals surface area (Å²) in [6, 6.07) is 1.61. The fourth-order valence-corrected chi connectivity index (χ4v) is 1.80. The first-order valence-electron chi connectivity index (χ1n) is 6.15. The third kappa shape index (κ3) is 3.31. The van der Waals surface area contributed by atoms with E-state index in [0.29, 0.717) is 17.8 Å². The Balaban J connectivity index is 1.79. The van der Waals surface area contributed by atoms with Gasteiger partial charge >= 0.3 is 0 Å². The number of H-pyrrole nitrogens is 1. The molecule has 0 aliphatic carbocycles. The number of nitrogens with one attached hydrogen (secondary N) is 2. The van der Waals surface area contributed by atoms with Crippen LogP contribution in [0.2, 0.25) is 0 Å². The Labute approximate surface area is 111 Å². The highest BCUT2D eigenvalue weighted by Crippen LogP contribution is 2.08. The zero-order valence-corrected chi connectivity index (χ0v) is 10.8. The number of amides is 1. The van der Waals surface area contributed by atoms with E-state index in [4.69, 9.17) is 5.73 Å². The molecule has 2 heterocycles. The van der Waals surface area contributed by atoms with Crippen LogP contribution in [0, 0.1) is 6.92 Å². The van der Waals surface area contributed by atoms with E-state index in [9.17, 15) is 4.79 Å². The SMILES string of the molecule is Cc1[nH]ncc1CCCNC(=O)c1cnccc1N. The lowest BCUT2D eigenvalue weighted by atomic mass is 10.1. The number of nitrogens with zero attached hydrogens (tertiary/aromatic N) is 2. The third-order valence-corrected chi connectivity index (χ3v) is 2.94. The average molecular weight is 259 g/mol. The second-order valence-corrected chi connectivity index (χ2v) is 4.34. The fraction of sp³-hybridized carbons (Fsp3) is 0.308. The number of aromatic nitrogens is 3. The Bertz CT molecular complexity index is 564. The van der Waals surface area contributed by atoms with E-state index in [1.165, 1.54) is 11.8 Å². The number of aromatic amines is 1. The van der Waals surface area contributed by atoms with Gasteiger partial charge in [-0.2, -0.15) is 5.10 Å². The van der Waals surface area contributed by atoms with Crippen molar-refractivity contribution in [3.05, 3.63) is 41.5 Å². The van der Waals surface area contributed by atoms with Gasteiger partial charge in [-0.15, -0.1) is 0 Å². The highest BCUT2D eigenvalue weighted by atomic mass is 16.1. The maximum atomic E-state index is 11.8. The van der Waals surface area contributed by atoms with Crippen LogP contribution in [-0.2, 0) is 6.42 Å². The van der Waals surface area contributed by atoms with Gasteiger partial charge in [-0.25, -0.2) is 0 Å². The summed E-state index contributed by atoms with van der Waals surface area (Å²) in [6.07, 6.45) is 6.59. The second-order valence-electron chi connectivity index (χ2n) is 4.34. The van der Waals surface area contributed by atoms with Crippen molar-refractivity contribution < 1.29 is 4.79 Å². The Morgan fingerprint density at radius 3 is 3.00 bits per heavy atom. The van der Waals surface area contributed by atoms with Gasteiger partial charge in [0.25, 0.3) is 5.91 Å². The lowest BCUT2D eigenvalue weighted by Gasteiger charge is -2.06. The number of hydrogen-bond acceptors (Lipinski definition) is 4. The van der Waals surface area contributed by atoms with E-state index in [1.807, 2.05) is 13.1 Å². The number of rotatable bonds is 5. The molecule has 0 saturated carbocycles. The average Bonchev–Trinajstić information content (AvgIpc) is 2.80. The van der Waals surface area contributed by atoms with E-state index in [0.717, 1.165) is 18.5 Å². The number of nitrogens with two attached hydrogens (primary N) is 1. The smallest absolute Gasteiger partial charge is 0.254 e. The molecule has 0 aliphatic rings. The van der Waals surface area contributed by atoms with Crippen LogP contribution in [0.1, 0.15) is 28.0 Å². The highest BCUT2D eigenvalue weighted by Gasteiger charge is 2.08. The number of pyridine rings is 1. The number of carbonyl (C=O) groups excluding carboxylic acids is 1. The highest BCUT2D eigenvalue weighted by molar-refractivity contribution is 5.98. The van der Waals surface area contributed by atoms with Gasteiger partial charge in [-0.3, -0.25) is 14.9 Å². The lowest BCUT2D eigenvalue weighted by molar-refractivity contribution is 0.0954. The minimum atomic E-state index is -0.186. The largest absolute Gasteiger partial charge is 0.398 e. The first-order valence-corrected chi connectivity index (χ1v) is 6.15. The van der Waals surface area contributed by atoms with Gasteiger partial charge < -0.3 is 11.1 Å². The first-order chi connectivity index (χ1) is 9.18. The van der Waals surface area contributed by atoms with Crippen LogP contribution in [-0.4, -0.2) is 27.6 Å². The molecule has 100 valence electrons. The van der Waals surface area contributed by atoms with E-state index in [-0.39, 0.29) is 5.91 Å². The molecule has 0 aliphatic heterocycles. The Morgan fingerprint density at radius 2 is 2.32 bits per heavy atom. The fourth-order valence-electron chi connectivity index (χ4n) is 1.80. The number of nitrogen functional groups attached to an aromatic ring is 1. The quantitative estimate of drug-likeness (QED) is 0.699. The van der Waals surface area contributed by atoms with E-state index >= 15 is 0 Å². The molecule has 2 aromatic rings. The molecule has 0 bridgehead atoms. The zero-order chi connectivity index (χ0) is 13.7. The summed E-state index contributed by atoms with van der Waals surface area (Å²) < 4.78 is 0. The summed E-state index contributed by atoms with van der Waals surface area (Å²) in [5.41, 5.74) is 8.82. The van der Waals surface area contributed by atoms with Gasteiger partial charge in [0.2, 0.25) is 0 Å². The van der Waals surface area contributed by atoms with Crippen molar-refractivity contribution in [1.82, 2.24) is 20.5 Å². The molecule has 4 N–H and O–H groups in total. The maximum absolute atomic E-state index is 11.8. The summed E-state index contributed by atoms with van der Waals surface area (Å²) in [7, 11) is 0. The predicted molar refractivity (Wildman–Crippen MR) is 72.6 cm³/mol. The van der Waals surface area contributed by atoms with Gasteiger partial charge in [0.1, 0.15) is 0 Å². The van der Waals surface area contributed by atoms with Crippen LogP contribution in [0.3, 0.4) is 0 Å². The molecule has 1 amide bonds. The summed E-state index contributed by atoms with van der Waals surface area (Å²) in [5.74, 6) is -0.186. The molecule has 6 nitrogen and oxygen atoms in total. The van der Waals surface area contributed by atoms with Crippen molar-refractivity contribution in [2.24, 2.45) is 0 Å². The van der Waals surface area contributed by atoms with E-state index < -0.39 is 0 Å². The van der Waals surface area contributed by atoms with Gasteiger partial charge in [0, 0.05) is 30.3 Å². The minimum Gasteiger partial charge on any atom is -0.398 e. The standard InChI is InChI=1S/C13H17N5O/c1-9-10(7-17-18-9)3-2-5-16-13(19)11-8-15-6-4-12(11)14/h4,6-8H,2-3,5H2,1H3,(H2,14,15)(H,16,19)(H,17,18). The van der Waals surface area contributed by atoms with Crippen molar-refractivity contribution in [1.29, 1.82) is 0 Å². The molecule has 0 radical (unpaired) electrons. The second kappa shape index (κ2) is 5.99. The molecular formula is C13H17N5O. The zero-order valence-electron chi connectivity index (χ0n) is 10.8. The number of aryl methyl sites for hydroxylation is 2. The summed E-state index contributed by atoms with van der Waals surface area (Å²) in [5, 5.41) is 9.68. The Hall–Kier alpha value is -2.37. The molecule has 19 heavy (non-hydrogen) atoms. The summed E-state index contributed by atoms with van der Waals surface area (Å²) >= 11 is 0. The number of anilines is 1. The summed E-state index contributed by atoms with van der Waals surface area (Å²) in [4.78, 5) is 15.7. The topological polar surface area (TPSA) is 96.7 Å². The molecule has 0 spiro atoms. The lowest BCUT2D eigenvalue weighted by Crippen LogP contribution is -2.25. The molecule has 0 atom stereocenters. The molecule has 0 fully saturated rings. The van der Waals surface area contributed by atoms with Crippen LogP contribution >= 0.6 is 0 Å². The van der Waals surface area contributed by atoms with Crippen molar-refractivity contribution in [3.63, 3.8) is 0 Å². The van der Waals surface area contributed by atoms with Gasteiger partial charge in [0.15, 0.2) is 0 Å². The van der Waals surface area contributed by atoms with Gasteiger partial charge in [-0.05, 0) is 31.4 Å². The van der Waals surface area contributed by atoms with E-state index in [1.54, 1.807) is 12.3 Å². The van der Waals surface area contributed by atoms with Gasteiger partial charge in [-0.1, -0.05) is 0 Å². The monoisotopic (exact) mass is 259 g/mol. The van der Waals surface area contributed by atoms with Gasteiger partial charge in [0.05, 0.1) is 11.8 Å². The van der Waals surface area contributed by atoms with Crippen molar-refractivity contribution in [2.75, 3.05) is 12.3 Å². The molecule has 2 rings (SSSR count). The third-order valence-electron chi connectivity index (χ3n) is 2.94. The van der Waals surface area contributed by atoms with Crippen LogP contribution in [0.15, 0.2) is 24.7 Å². The number of hydrogen-bond donors (Lipinski definition) is 3. The van der Waals surface area contributed by atoms with E-state index in [2.05, 4.69) is 20.5 Å². The summed E-state index contributed by atoms with van der Waals surface area (Å²) in [6.45, 7) is 2.58.